The lowest BCUT2D eigenvalue weighted by Gasteiger charge is -2.23. The van der Waals surface area contributed by atoms with E-state index < -0.39 is 12.0 Å². The van der Waals surface area contributed by atoms with Crippen LogP contribution in [0.1, 0.15) is 19.8 Å². The molecule has 1 heterocycles. The van der Waals surface area contributed by atoms with Crippen molar-refractivity contribution in [3.8, 4) is 0 Å². The van der Waals surface area contributed by atoms with Gasteiger partial charge in [0.05, 0.1) is 23.8 Å². The predicted octanol–water partition coefficient (Wildman–Crippen LogP) is -0.924. The van der Waals surface area contributed by atoms with Gasteiger partial charge in [-0.1, -0.05) is 12.2 Å². The molecule has 1 fully saturated rings. The lowest BCUT2D eigenvalue weighted by atomic mass is 9.85. The molecule has 0 radical (unpaired) electrons. The van der Waals surface area contributed by atoms with Crippen molar-refractivity contribution in [2.45, 2.75) is 25.8 Å². The molecule has 5 heteroatoms. The first-order chi connectivity index (χ1) is 7.54. The van der Waals surface area contributed by atoms with E-state index in [2.05, 4.69) is 0 Å². The number of aliphatic carboxylic acids is 1. The van der Waals surface area contributed by atoms with E-state index in [0.717, 1.165) is 4.90 Å². The molecular weight excluding hydrogens is 210 g/mol. The summed E-state index contributed by atoms with van der Waals surface area (Å²) in [5, 5.41) is 10.7. The summed E-state index contributed by atoms with van der Waals surface area (Å²) in [6, 6.07) is -1.18. The van der Waals surface area contributed by atoms with Crippen molar-refractivity contribution < 1.29 is 19.5 Å². The van der Waals surface area contributed by atoms with Crippen molar-refractivity contribution in [2.24, 2.45) is 11.8 Å². The highest BCUT2D eigenvalue weighted by atomic mass is 16.4. The lowest BCUT2D eigenvalue weighted by Crippen LogP contribution is -2.49. The normalized spacial score (nSPS) is 30.4. The van der Waals surface area contributed by atoms with Crippen molar-refractivity contribution in [3.63, 3.8) is 0 Å². The van der Waals surface area contributed by atoms with Gasteiger partial charge in [-0.05, 0) is 19.8 Å². The zero-order chi connectivity index (χ0) is 11.9. The molecule has 0 aromatic carbocycles. The van der Waals surface area contributed by atoms with Gasteiger partial charge >= 0.3 is 0 Å². The maximum absolute atomic E-state index is 11.9. The molecule has 2 amide bonds. The molecule has 16 heavy (non-hydrogen) atoms. The highest BCUT2D eigenvalue weighted by Crippen LogP contribution is 2.35. The number of likely N-dealkylation sites (tertiary alicyclic amines) is 1. The number of fused-ring (bicyclic) bond motifs is 1. The summed E-state index contributed by atoms with van der Waals surface area (Å²) in [7, 11) is 0. The Labute approximate surface area is 92.7 Å². The molecule has 2 rings (SSSR count). The molecule has 5 nitrogen and oxygen atoms in total. The van der Waals surface area contributed by atoms with Crippen LogP contribution in [0.3, 0.4) is 0 Å². The van der Waals surface area contributed by atoms with Gasteiger partial charge in [0.1, 0.15) is 0 Å². The number of hydrogen-bond donors (Lipinski definition) is 0. The number of rotatable bonds is 2. The second-order valence-corrected chi connectivity index (χ2v) is 4.20. The summed E-state index contributed by atoms with van der Waals surface area (Å²) in [4.78, 5) is 35.3. The molecule has 0 N–H and O–H groups in total. The summed E-state index contributed by atoms with van der Waals surface area (Å²) in [5.41, 5.74) is 0. The van der Waals surface area contributed by atoms with Crippen LogP contribution in [-0.2, 0) is 14.4 Å². The summed E-state index contributed by atoms with van der Waals surface area (Å²) in [6.45, 7) is 1.30. The maximum Gasteiger partial charge on any atom is 0.234 e. The molecular formula is C11H12NO4-. The molecule has 0 aromatic heterocycles. The van der Waals surface area contributed by atoms with Gasteiger partial charge in [-0.25, -0.2) is 0 Å². The fourth-order valence-electron chi connectivity index (χ4n) is 2.31. The van der Waals surface area contributed by atoms with Crippen LogP contribution in [-0.4, -0.2) is 28.7 Å². The number of amides is 2. The molecule has 3 atom stereocenters. The quantitative estimate of drug-likeness (QED) is 0.447. The molecule has 86 valence electrons. The smallest absolute Gasteiger partial charge is 0.234 e. The molecule has 1 saturated heterocycles. The van der Waals surface area contributed by atoms with Gasteiger partial charge in [0.2, 0.25) is 11.8 Å². The summed E-state index contributed by atoms with van der Waals surface area (Å²) < 4.78 is 0. The van der Waals surface area contributed by atoms with Crippen LogP contribution in [0.5, 0.6) is 0 Å². The minimum absolute atomic E-state index is 0.376. The van der Waals surface area contributed by atoms with Crippen LogP contribution in [0.15, 0.2) is 12.2 Å². The van der Waals surface area contributed by atoms with E-state index in [9.17, 15) is 19.5 Å². The fourth-order valence-corrected chi connectivity index (χ4v) is 2.31. The van der Waals surface area contributed by atoms with Crippen LogP contribution in [0.4, 0.5) is 0 Å². The first kappa shape index (κ1) is 10.9. The number of nitrogens with zero attached hydrogens (tertiary/aromatic N) is 1. The molecule has 1 aliphatic heterocycles. The highest BCUT2D eigenvalue weighted by Gasteiger charge is 2.48. The standard InChI is InChI=1S/C11H13NO4/c1-6(11(15)16)12-9(13)7-4-2-3-5-8(7)10(12)14/h2-3,6-8H,4-5H2,1H3,(H,15,16)/p-1/t6-,7-,8+/m0/s1. The summed E-state index contributed by atoms with van der Waals surface area (Å²) >= 11 is 0. The Balaban J connectivity index is 2.27. The minimum Gasteiger partial charge on any atom is -0.548 e. The first-order valence-corrected chi connectivity index (χ1v) is 5.26. The molecule has 2 aliphatic rings. The van der Waals surface area contributed by atoms with Crippen LogP contribution in [0, 0.1) is 11.8 Å². The van der Waals surface area contributed by atoms with Crippen molar-refractivity contribution in [1.29, 1.82) is 0 Å². The SMILES string of the molecule is C[C@@H](C(=O)[O-])N1C(=O)[C@H]2CC=CC[C@H]2C1=O. The number of hydrogen-bond acceptors (Lipinski definition) is 4. The molecule has 0 bridgehead atoms. The van der Waals surface area contributed by atoms with Crippen LogP contribution in [0.25, 0.3) is 0 Å². The Morgan fingerprint density at radius 3 is 2.12 bits per heavy atom. The van der Waals surface area contributed by atoms with Gasteiger partial charge in [-0.15, -0.1) is 0 Å². The van der Waals surface area contributed by atoms with Crippen molar-refractivity contribution in [3.05, 3.63) is 12.2 Å². The Bertz CT molecular complexity index is 361. The zero-order valence-electron chi connectivity index (χ0n) is 8.88. The topological polar surface area (TPSA) is 77.5 Å². The largest absolute Gasteiger partial charge is 0.548 e. The van der Waals surface area contributed by atoms with E-state index in [1.165, 1.54) is 6.92 Å². The third kappa shape index (κ3) is 1.43. The van der Waals surface area contributed by atoms with Gasteiger partial charge < -0.3 is 9.90 Å². The Morgan fingerprint density at radius 2 is 1.75 bits per heavy atom. The molecule has 0 aromatic rings. The van der Waals surface area contributed by atoms with Gasteiger partial charge in [0, 0.05) is 0 Å². The average Bonchev–Trinajstić information content (AvgIpc) is 2.52. The van der Waals surface area contributed by atoms with Gasteiger partial charge in [-0.3, -0.25) is 14.5 Å². The van der Waals surface area contributed by atoms with Gasteiger partial charge in [0.25, 0.3) is 0 Å². The summed E-state index contributed by atoms with van der Waals surface area (Å²) in [5.74, 6) is -2.90. The average molecular weight is 222 g/mol. The number of carbonyl (C=O) groups is 3. The van der Waals surface area contributed by atoms with Crippen LogP contribution >= 0.6 is 0 Å². The third-order valence-electron chi connectivity index (χ3n) is 3.27. The van der Waals surface area contributed by atoms with Gasteiger partial charge in [0.15, 0.2) is 0 Å². The van der Waals surface area contributed by atoms with E-state index in [-0.39, 0.29) is 23.7 Å². The Kier molecular flexibility index (Phi) is 2.53. The summed E-state index contributed by atoms with van der Waals surface area (Å²) in [6.07, 6.45) is 4.76. The maximum atomic E-state index is 11.9. The number of carboxylic acids is 1. The van der Waals surface area contributed by atoms with Crippen LogP contribution in [0.2, 0.25) is 0 Å². The molecule has 0 saturated carbocycles. The van der Waals surface area contributed by atoms with Crippen molar-refractivity contribution >= 4 is 17.8 Å². The predicted molar refractivity (Wildman–Crippen MR) is 51.7 cm³/mol. The Morgan fingerprint density at radius 1 is 1.31 bits per heavy atom. The second kappa shape index (κ2) is 3.73. The fraction of sp³-hybridized carbons (Fsp3) is 0.545. The van der Waals surface area contributed by atoms with E-state index in [0.29, 0.717) is 12.8 Å². The highest BCUT2D eigenvalue weighted by molar-refractivity contribution is 6.07. The van der Waals surface area contributed by atoms with Crippen LogP contribution < -0.4 is 5.11 Å². The van der Waals surface area contributed by atoms with Crippen molar-refractivity contribution in [1.82, 2.24) is 4.90 Å². The number of carboxylic acid groups (broad SMARTS) is 1. The van der Waals surface area contributed by atoms with Gasteiger partial charge in [-0.2, -0.15) is 0 Å². The number of carbonyl (C=O) groups excluding carboxylic acids is 3. The number of imide groups is 1. The third-order valence-corrected chi connectivity index (χ3v) is 3.27. The molecule has 1 aliphatic carbocycles. The zero-order valence-corrected chi connectivity index (χ0v) is 8.88. The van der Waals surface area contributed by atoms with E-state index >= 15 is 0 Å². The minimum atomic E-state index is -1.40. The Hall–Kier alpha value is -1.65. The molecule has 0 spiro atoms. The van der Waals surface area contributed by atoms with E-state index in [1.807, 2.05) is 12.2 Å². The second-order valence-electron chi connectivity index (χ2n) is 4.20. The lowest BCUT2D eigenvalue weighted by molar-refractivity contribution is -0.310. The number of allylic oxidation sites excluding steroid dienone is 2. The van der Waals surface area contributed by atoms with Crippen molar-refractivity contribution in [2.75, 3.05) is 0 Å². The monoisotopic (exact) mass is 222 g/mol. The van der Waals surface area contributed by atoms with E-state index in [1.54, 1.807) is 0 Å². The molecule has 0 unspecified atom stereocenters. The first-order valence-electron chi connectivity index (χ1n) is 5.26. The van der Waals surface area contributed by atoms with E-state index in [4.69, 9.17) is 0 Å².